The molecule has 0 saturated carbocycles. The standard InChI is InChI=1S/C23H23BrN2O4/c1-3-18(30-19-11-7-4-8-15(19)2)23(28)26-25-21(27)14-29-20-13-12-16-9-5-6-10-17(16)22(20)24/h4-13,18H,3,14H2,1-2H3,(H,25,27)(H,26,28). The molecule has 0 saturated heterocycles. The number of benzene rings is 3. The largest absolute Gasteiger partial charge is 0.483 e. The number of amides is 2. The lowest BCUT2D eigenvalue weighted by atomic mass is 10.1. The van der Waals surface area contributed by atoms with E-state index in [0.29, 0.717) is 17.9 Å². The number of nitrogens with one attached hydrogen (secondary N) is 2. The Balaban J connectivity index is 1.52. The Hall–Kier alpha value is -3.06. The highest BCUT2D eigenvalue weighted by Crippen LogP contribution is 2.32. The number of rotatable bonds is 7. The normalized spacial score (nSPS) is 11.6. The number of halogens is 1. The molecule has 156 valence electrons. The third-order valence-electron chi connectivity index (χ3n) is 4.54. The zero-order valence-electron chi connectivity index (χ0n) is 16.8. The Kier molecular flexibility index (Phi) is 7.30. The molecule has 0 fully saturated rings. The van der Waals surface area contributed by atoms with E-state index in [-0.39, 0.29) is 6.61 Å². The molecule has 0 aliphatic rings. The van der Waals surface area contributed by atoms with Crippen molar-refractivity contribution in [1.29, 1.82) is 0 Å². The van der Waals surface area contributed by atoms with Crippen LogP contribution in [0.25, 0.3) is 10.8 Å². The Labute approximate surface area is 183 Å². The van der Waals surface area contributed by atoms with E-state index in [1.807, 2.05) is 62.4 Å². The van der Waals surface area contributed by atoms with Gasteiger partial charge in [-0.3, -0.25) is 20.4 Å². The van der Waals surface area contributed by atoms with E-state index >= 15 is 0 Å². The van der Waals surface area contributed by atoms with Gasteiger partial charge >= 0.3 is 0 Å². The SMILES string of the molecule is CCC(Oc1ccccc1C)C(=O)NNC(=O)COc1ccc2ccccc2c1Br. The first-order valence-electron chi connectivity index (χ1n) is 9.60. The first-order valence-corrected chi connectivity index (χ1v) is 10.4. The summed E-state index contributed by atoms with van der Waals surface area (Å²) in [4.78, 5) is 24.5. The first-order chi connectivity index (χ1) is 14.5. The van der Waals surface area contributed by atoms with Crippen molar-refractivity contribution in [2.45, 2.75) is 26.4 Å². The minimum atomic E-state index is -0.720. The van der Waals surface area contributed by atoms with Crippen molar-refractivity contribution in [1.82, 2.24) is 10.9 Å². The van der Waals surface area contributed by atoms with Gasteiger partial charge in [0.2, 0.25) is 0 Å². The minimum Gasteiger partial charge on any atom is -0.483 e. The fraction of sp³-hybridized carbons (Fsp3) is 0.217. The average molecular weight is 471 g/mol. The van der Waals surface area contributed by atoms with Crippen LogP contribution in [0.5, 0.6) is 11.5 Å². The number of hydrogen-bond acceptors (Lipinski definition) is 4. The summed E-state index contributed by atoms with van der Waals surface area (Å²) >= 11 is 3.52. The van der Waals surface area contributed by atoms with Gasteiger partial charge in [0.1, 0.15) is 11.5 Å². The summed E-state index contributed by atoms with van der Waals surface area (Å²) in [6, 6.07) is 19.0. The molecular formula is C23H23BrN2O4. The molecule has 1 unspecified atom stereocenters. The Morgan fingerprint density at radius 1 is 0.967 bits per heavy atom. The van der Waals surface area contributed by atoms with Crippen molar-refractivity contribution in [3.05, 3.63) is 70.7 Å². The molecule has 0 aliphatic carbocycles. The van der Waals surface area contributed by atoms with Crippen molar-refractivity contribution < 1.29 is 19.1 Å². The number of hydrogen-bond donors (Lipinski definition) is 2. The summed E-state index contributed by atoms with van der Waals surface area (Å²) in [5.41, 5.74) is 5.70. The minimum absolute atomic E-state index is 0.243. The second-order valence-electron chi connectivity index (χ2n) is 6.71. The summed E-state index contributed by atoms with van der Waals surface area (Å²) in [5, 5.41) is 2.05. The molecule has 0 aliphatic heterocycles. The zero-order chi connectivity index (χ0) is 21.5. The van der Waals surface area contributed by atoms with Crippen molar-refractivity contribution in [2.24, 2.45) is 0 Å². The van der Waals surface area contributed by atoms with E-state index in [0.717, 1.165) is 20.8 Å². The molecule has 2 N–H and O–H groups in total. The van der Waals surface area contributed by atoms with E-state index in [1.165, 1.54) is 0 Å². The third-order valence-corrected chi connectivity index (χ3v) is 5.36. The molecule has 0 heterocycles. The third kappa shape index (κ3) is 5.30. The molecule has 2 amide bonds. The van der Waals surface area contributed by atoms with Gasteiger partial charge in [0.15, 0.2) is 12.7 Å². The van der Waals surface area contributed by atoms with Gasteiger partial charge in [-0.25, -0.2) is 0 Å². The van der Waals surface area contributed by atoms with Crippen LogP contribution in [-0.4, -0.2) is 24.5 Å². The van der Waals surface area contributed by atoms with Gasteiger partial charge in [0.05, 0.1) is 4.47 Å². The van der Waals surface area contributed by atoms with E-state index in [9.17, 15) is 9.59 Å². The Morgan fingerprint density at radius 2 is 1.70 bits per heavy atom. The highest BCUT2D eigenvalue weighted by atomic mass is 79.9. The lowest BCUT2D eigenvalue weighted by molar-refractivity contribution is -0.134. The van der Waals surface area contributed by atoms with Crippen molar-refractivity contribution in [3.63, 3.8) is 0 Å². The molecule has 0 radical (unpaired) electrons. The van der Waals surface area contributed by atoms with Crippen molar-refractivity contribution in [3.8, 4) is 11.5 Å². The topological polar surface area (TPSA) is 76.7 Å². The van der Waals surface area contributed by atoms with Gasteiger partial charge in [-0.2, -0.15) is 0 Å². The van der Waals surface area contributed by atoms with Crippen LogP contribution >= 0.6 is 15.9 Å². The van der Waals surface area contributed by atoms with Crippen molar-refractivity contribution in [2.75, 3.05) is 6.61 Å². The molecule has 6 nitrogen and oxygen atoms in total. The number of carbonyl (C=O) groups is 2. The molecule has 1 atom stereocenters. The Bertz CT molecular complexity index is 1050. The number of ether oxygens (including phenoxy) is 2. The van der Waals surface area contributed by atoms with E-state index in [2.05, 4.69) is 26.8 Å². The molecular weight excluding hydrogens is 448 g/mol. The van der Waals surface area contributed by atoms with Crippen LogP contribution in [0.4, 0.5) is 0 Å². The summed E-state index contributed by atoms with van der Waals surface area (Å²) in [7, 11) is 0. The Morgan fingerprint density at radius 3 is 2.47 bits per heavy atom. The molecule has 7 heteroatoms. The molecule has 30 heavy (non-hydrogen) atoms. The first kappa shape index (κ1) is 21.6. The smallest absolute Gasteiger partial charge is 0.279 e. The van der Waals surface area contributed by atoms with Crippen LogP contribution in [-0.2, 0) is 9.59 Å². The predicted molar refractivity (Wildman–Crippen MR) is 119 cm³/mol. The van der Waals surface area contributed by atoms with Gasteiger partial charge in [0.25, 0.3) is 11.8 Å². The molecule has 3 aromatic carbocycles. The predicted octanol–water partition coefficient (Wildman–Crippen LogP) is 4.29. The van der Waals surface area contributed by atoms with Crippen LogP contribution in [0.1, 0.15) is 18.9 Å². The molecule has 0 aromatic heterocycles. The number of carbonyl (C=O) groups excluding carboxylic acids is 2. The fourth-order valence-electron chi connectivity index (χ4n) is 2.88. The maximum atomic E-state index is 12.4. The van der Waals surface area contributed by atoms with Gasteiger partial charge in [-0.15, -0.1) is 0 Å². The van der Waals surface area contributed by atoms with E-state index < -0.39 is 17.9 Å². The monoisotopic (exact) mass is 470 g/mol. The summed E-state index contributed by atoms with van der Waals surface area (Å²) in [6.07, 6.45) is -0.265. The quantitative estimate of drug-likeness (QED) is 0.504. The van der Waals surface area contributed by atoms with E-state index in [1.54, 1.807) is 12.1 Å². The van der Waals surface area contributed by atoms with Gasteiger partial charge < -0.3 is 9.47 Å². The fourth-order valence-corrected chi connectivity index (χ4v) is 3.49. The summed E-state index contributed by atoms with van der Waals surface area (Å²) < 4.78 is 12.1. The number of para-hydroxylation sites is 1. The highest BCUT2D eigenvalue weighted by Gasteiger charge is 2.20. The van der Waals surface area contributed by atoms with Crippen LogP contribution in [0.3, 0.4) is 0 Å². The van der Waals surface area contributed by atoms with Gasteiger partial charge in [-0.05, 0) is 57.7 Å². The molecule has 3 rings (SSSR count). The van der Waals surface area contributed by atoms with Crippen LogP contribution in [0.2, 0.25) is 0 Å². The highest BCUT2D eigenvalue weighted by molar-refractivity contribution is 9.10. The second-order valence-corrected chi connectivity index (χ2v) is 7.50. The van der Waals surface area contributed by atoms with Gasteiger partial charge in [0, 0.05) is 0 Å². The maximum absolute atomic E-state index is 12.4. The van der Waals surface area contributed by atoms with Gasteiger partial charge in [-0.1, -0.05) is 55.5 Å². The number of aryl methyl sites for hydroxylation is 1. The zero-order valence-corrected chi connectivity index (χ0v) is 18.4. The van der Waals surface area contributed by atoms with E-state index in [4.69, 9.17) is 9.47 Å². The number of hydrazine groups is 1. The van der Waals surface area contributed by atoms with Crippen LogP contribution in [0.15, 0.2) is 65.1 Å². The lowest BCUT2D eigenvalue weighted by Crippen LogP contribution is -2.49. The van der Waals surface area contributed by atoms with Crippen molar-refractivity contribution >= 4 is 38.5 Å². The maximum Gasteiger partial charge on any atom is 0.279 e. The molecule has 0 spiro atoms. The lowest BCUT2D eigenvalue weighted by Gasteiger charge is -2.18. The average Bonchev–Trinajstić information content (AvgIpc) is 2.76. The number of fused-ring (bicyclic) bond motifs is 1. The summed E-state index contributed by atoms with van der Waals surface area (Å²) in [5.74, 6) is 0.273. The van der Waals surface area contributed by atoms with Crippen LogP contribution < -0.4 is 20.3 Å². The summed E-state index contributed by atoms with van der Waals surface area (Å²) in [6.45, 7) is 3.50. The molecule has 3 aromatic rings. The van der Waals surface area contributed by atoms with Crippen LogP contribution in [0, 0.1) is 6.92 Å². The molecule has 0 bridgehead atoms. The second kappa shape index (κ2) is 10.1.